The summed E-state index contributed by atoms with van der Waals surface area (Å²) < 4.78 is 6.75. The van der Waals surface area contributed by atoms with Gasteiger partial charge in [0.05, 0.1) is 6.61 Å². The number of nitrogens with two attached hydrogens (primary N) is 1. The minimum atomic E-state index is 0.196. The van der Waals surface area contributed by atoms with Crippen LogP contribution in [0, 0.1) is 5.92 Å². The SMILES string of the molecule is CC(N)C1COc2ccc(Br)cc2C1. The van der Waals surface area contributed by atoms with Crippen LogP contribution in [0.15, 0.2) is 22.7 Å². The summed E-state index contributed by atoms with van der Waals surface area (Å²) in [4.78, 5) is 0. The van der Waals surface area contributed by atoms with Crippen LogP contribution in [-0.4, -0.2) is 12.6 Å². The molecule has 76 valence electrons. The molecule has 0 radical (unpaired) electrons. The Morgan fingerprint density at radius 3 is 3.07 bits per heavy atom. The lowest BCUT2D eigenvalue weighted by Crippen LogP contribution is -2.35. The predicted molar refractivity (Wildman–Crippen MR) is 60.5 cm³/mol. The van der Waals surface area contributed by atoms with Crippen molar-refractivity contribution in [3.63, 3.8) is 0 Å². The van der Waals surface area contributed by atoms with Gasteiger partial charge >= 0.3 is 0 Å². The van der Waals surface area contributed by atoms with E-state index >= 15 is 0 Å². The Morgan fingerprint density at radius 2 is 2.36 bits per heavy atom. The summed E-state index contributed by atoms with van der Waals surface area (Å²) in [7, 11) is 0. The third-order valence-electron chi connectivity index (χ3n) is 2.70. The molecule has 1 aliphatic heterocycles. The van der Waals surface area contributed by atoms with Crippen LogP contribution < -0.4 is 10.5 Å². The minimum absolute atomic E-state index is 0.196. The second-order valence-corrected chi connectivity index (χ2v) is 4.80. The average Bonchev–Trinajstić information content (AvgIpc) is 2.16. The van der Waals surface area contributed by atoms with E-state index in [1.165, 1.54) is 5.56 Å². The molecule has 0 aliphatic carbocycles. The highest BCUT2D eigenvalue weighted by Crippen LogP contribution is 2.30. The fourth-order valence-electron chi connectivity index (χ4n) is 1.72. The van der Waals surface area contributed by atoms with Gasteiger partial charge in [0.15, 0.2) is 0 Å². The average molecular weight is 256 g/mol. The molecule has 1 aromatic rings. The van der Waals surface area contributed by atoms with Gasteiger partial charge in [-0.25, -0.2) is 0 Å². The highest BCUT2D eigenvalue weighted by molar-refractivity contribution is 9.10. The largest absolute Gasteiger partial charge is 0.493 e. The molecule has 14 heavy (non-hydrogen) atoms. The van der Waals surface area contributed by atoms with Crippen molar-refractivity contribution in [3.05, 3.63) is 28.2 Å². The van der Waals surface area contributed by atoms with Gasteiger partial charge in [-0.05, 0) is 37.1 Å². The van der Waals surface area contributed by atoms with Crippen LogP contribution in [0.2, 0.25) is 0 Å². The van der Waals surface area contributed by atoms with Gasteiger partial charge in [-0.3, -0.25) is 0 Å². The molecule has 0 fully saturated rings. The Bertz CT molecular complexity index is 338. The highest BCUT2D eigenvalue weighted by atomic mass is 79.9. The topological polar surface area (TPSA) is 35.2 Å². The van der Waals surface area contributed by atoms with Crippen molar-refractivity contribution in [1.29, 1.82) is 0 Å². The van der Waals surface area contributed by atoms with E-state index in [4.69, 9.17) is 10.5 Å². The first-order valence-electron chi connectivity index (χ1n) is 4.83. The quantitative estimate of drug-likeness (QED) is 0.837. The van der Waals surface area contributed by atoms with Crippen molar-refractivity contribution in [2.24, 2.45) is 11.7 Å². The van der Waals surface area contributed by atoms with Crippen molar-refractivity contribution < 1.29 is 4.74 Å². The van der Waals surface area contributed by atoms with Crippen molar-refractivity contribution in [2.45, 2.75) is 19.4 Å². The van der Waals surface area contributed by atoms with Crippen molar-refractivity contribution >= 4 is 15.9 Å². The summed E-state index contributed by atoms with van der Waals surface area (Å²) in [5.74, 6) is 1.45. The van der Waals surface area contributed by atoms with E-state index in [0.29, 0.717) is 5.92 Å². The van der Waals surface area contributed by atoms with Crippen LogP contribution >= 0.6 is 15.9 Å². The Morgan fingerprint density at radius 1 is 1.57 bits per heavy atom. The van der Waals surface area contributed by atoms with Gasteiger partial charge in [-0.2, -0.15) is 0 Å². The van der Waals surface area contributed by atoms with Crippen LogP contribution in [0.4, 0.5) is 0 Å². The van der Waals surface area contributed by atoms with Gasteiger partial charge in [0, 0.05) is 16.4 Å². The number of hydrogen-bond acceptors (Lipinski definition) is 2. The summed E-state index contributed by atoms with van der Waals surface area (Å²) in [5, 5.41) is 0. The zero-order valence-electron chi connectivity index (χ0n) is 8.16. The maximum Gasteiger partial charge on any atom is 0.122 e. The zero-order valence-corrected chi connectivity index (χ0v) is 9.75. The maximum atomic E-state index is 5.87. The molecule has 1 heterocycles. The normalized spacial score (nSPS) is 22.4. The molecule has 1 aromatic carbocycles. The number of halogens is 1. The monoisotopic (exact) mass is 255 g/mol. The molecule has 3 heteroatoms. The molecule has 0 saturated heterocycles. The fourth-order valence-corrected chi connectivity index (χ4v) is 2.13. The first kappa shape index (κ1) is 9.99. The molecule has 0 bridgehead atoms. The van der Waals surface area contributed by atoms with E-state index in [1.54, 1.807) is 0 Å². The van der Waals surface area contributed by atoms with Gasteiger partial charge in [0.25, 0.3) is 0 Å². The smallest absolute Gasteiger partial charge is 0.122 e. The lowest BCUT2D eigenvalue weighted by molar-refractivity contribution is 0.204. The Kier molecular flexibility index (Phi) is 2.79. The highest BCUT2D eigenvalue weighted by Gasteiger charge is 2.22. The van der Waals surface area contributed by atoms with Crippen LogP contribution in [0.25, 0.3) is 0 Å². The lowest BCUT2D eigenvalue weighted by atomic mass is 9.92. The predicted octanol–water partition coefficient (Wildman–Crippen LogP) is 2.35. The summed E-state index contributed by atoms with van der Waals surface area (Å²) >= 11 is 3.46. The lowest BCUT2D eigenvalue weighted by Gasteiger charge is -2.27. The molecule has 2 unspecified atom stereocenters. The summed E-state index contributed by atoms with van der Waals surface area (Å²) in [5.41, 5.74) is 7.13. The van der Waals surface area contributed by atoms with Gasteiger partial charge < -0.3 is 10.5 Å². The molecular formula is C11H14BrNO. The van der Waals surface area contributed by atoms with Crippen molar-refractivity contribution in [2.75, 3.05) is 6.61 Å². The zero-order chi connectivity index (χ0) is 10.1. The molecule has 0 spiro atoms. The van der Waals surface area contributed by atoms with Crippen LogP contribution in [0.1, 0.15) is 12.5 Å². The number of rotatable bonds is 1. The third kappa shape index (κ3) is 1.93. The summed E-state index contributed by atoms with van der Waals surface area (Å²) in [6, 6.07) is 6.33. The van der Waals surface area contributed by atoms with Gasteiger partial charge in [-0.15, -0.1) is 0 Å². The van der Waals surface area contributed by atoms with Crippen molar-refractivity contribution in [3.8, 4) is 5.75 Å². The Balaban J connectivity index is 2.24. The van der Waals surface area contributed by atoms with E-state index in [1.807, 2.05) is 19.1 Å². The molecule has 2 nitrogen and oxygen atoms in total. The summed E-state index contributed by atoms with van der Waals surface area (Å²) in [6.45, 7) is 2.78. The second-order valence-electron chi connectivity index (χ2n) is 3.89. The molecule has 1 aliphatic rings. The van der Waals surface area contributed by atoms with Gasteiger partial charge in [0.2, 0.25) is 0 Å². The van der Waals surface area contributed by atoms with E-state index in [-0.39, 0.29) is 6.04 Å². The Labute approximate surface area is 92.6 Å². The summed E-state index contributed by atoms with van der Waals surface area (Å²) in [6.07, 6.45) is 1.02. The van der Waals surface area contributed by atoms with E-state index in [2.05, 4.69) is 22.0 Å². The molecule has 0 amide bonds. The molecule has 2 N–H and O–H groups in total. The van der Waals surface area contributed by atoms with E-state index in [9.17, 15) is 0 Å². The molecule has 0 aromatic heterocycles. The van der Waals surface area contributed by atoms with E-state index in [0.717, 1.165) is 23.2 Å². The maximum absolute atomic E-state index is 5.87. The molecule has 2 rings (SSSR count). The van der Waals surface area contributed by atoms with E-state index < -0.39 is 0 Å². The molecule has 2 atom stereocenters. The van der Waals surface area contributed by atoms with Crippen molar-refractivity contribution in [1.82, 2.24) is 0 Å². The Hall–Kier alpha value is -0.540. The minimum Gasteiger partial charge on any atom is -0.493 e. The molecular weight excluding hydrogens is 242 g/mol. The van der Waals surface area contributed by atoms with Crippen LogP contribution in [-0.2, 0) is 6.42 Å². The van der Waals surface area contributed by atoms with Gasteiger partial charge in [0.1, 0.15) is 5.75 Å². The van der Waals surface area contributed by atoms with Crippen LogP contribution in [0.3, 0.4) is 0 Å². The van der Waals surface area contributed by atoms with Gasteiger partial charge in [-0.1, -0.05) is 15.9 Å². The molecule has 0 saturated carbocycles. The fraction of sp³-hybridized carbons (Fsp3) is 0.455. The third-order valence-corrected chi connectivity index (χ3v) is 3.19. The number of ether oxygens (including phenoxy) is 1. The number of benzene rings is 1. The first-order valence-corrected chi connectivity index (χ1v) is 5.63. The van der Waals surface area contributed by atoms with Crippen LogP contribution in [0.5, 0.6) is 5.75 Å². The standard InChI is InChI=1S/C11H14BrNO/c1-7(13)9-4-8-5-10(12)2-3-11(8)14-6-9/h2-3,5,7,9H,4,6,13H2,1H3. The second kappa shape index (κ2) is 3.91. The number of fused-ring (bicyclic) bond motifs is 1. The number of hydrogen-bond donors (Lipinski definition) is 1. The first-order chi connectivity index (χ1) is 6.66.